The van der Waals surface area contributed by atoms with Crippen LogP contribution in [0.2, 0.25) is 0 Å². The van der Waals surface area contributed by atoms with Crippen LogP contribution in [0.3, 0.4) is 0 Å². The summed E-state index contributed by atoms with van der Waals surface area (Å²) in [6.07, 6.45) is 0.537. The number of carbonyl (C=O) groups is 1. The number of hydrogen-bond acceptors (Lipinski definition) is 3. The molecular formula is C14H18BrNO3S. The van der Waals surface area contributed by atoms with E-state index in [-0.39, 0.29) is 23.5 Å². The predicted octanol–water partition coefficient (Wildman–Crippen LogP) is 2.41. The maximum Gasteiger partial charge on any atom is 0.254 e. The van der Waals surface area contributed by atoms with Crippen molar-refractivity contribution in [3.63, 3.8) is 0 Å². The largest absolute Gasteiger partial charge is 0.335 e. The van der Waals surface area contributed by atoms with E-state index in [0.29, 0.717) is 18.5 Å². The number of sulfone groups is 1. The summed E-state index contributed by atoms with van der Waals surface area (Å²) >= 11 is 3.42. The average molecular weight is 360 g/mol. The van der Waals surface area contributed by atoms with Crippen molar-refractivity contribution in [1.82, 2.24) is 4.90 Å². The van der Waals surface area contributed by atoms with Crippen molar-refractivity contribution in [1.29, 1.82) is 0 Å². The Balaban J connectivity index is 2.23. The highest BCUT2D eigenvalue weighted by Gasteiger charge is 2.34. The van der Waals surface area contributed by atoms with E-state index < -0.39 is 9.84 Å². The van der Waals surface area contributed by atoms with Crippen LogP contribution in [0.5, 0.6) is 0 Å². The highest BCUT2D eigenvalue weighted by atomic mass is 79.9. The fourth-order valence-corrected chi connectivity index (χ4v) is 4.59. The van der Waals surface area contributed by atoms with Gasteiger partial charge in [0.25, 0.3) is 5.91 Å². The molecule has 0 radical (unpaired) electrons. The number of carbonyl (C=O) groups excluding carboxylic acids is 1. The molecule has 1 aliphatic rings. The summed E-state index contributed by atoms with van der Waals surface area (Å²) in [5, 5.41) is 0. The molecule has 0 bridgehead atoms. The highest BCUT2D eigenvalue weighted by Crippen LogP contribution is 2.22. The lowest BCUT2D eigenvalue weighted by Gasteiger charge is -2.27. The van der Waals surface area contributed by atoms with E-state index >= 15 is 0 Å². The number of aryl methyl sites for hydroxylation is 1. The Morgan fingerprint density at radius 2 is 2.15 bits per heavy atom. The Morgan fingerprint density at radius 1 is 1.45 bits per heavy atom. The zero-order valence-electron chi connectivity index (χ0n) is 11.6. The molecule has 2 rings (SSSR count). The van der Waals surface area contributed by atoms with Crippen molar-refractivity contribution in [3.05, 3.63) is 33.8 Å². The second kappa shape index (κ2) is 5.85. The highest BCUT2D eigenvalue weighted by molar-refractivity contribution is 9.10. The molecule has 20 heavy (non-hydrogen) atoms. The van der Waals surface area contributed by atoms with Gasteiger partial charge in [-0.2, -0.15) is 0 Å². The molecule has 4 nitrogen and oxygen atoms in total. The third kappa shape index (κ3) is 3.23. The van der Waals surface area contributed by atoms with Crippen LogP contribution in [0, 0.1) is 6.92 Å². The van der Waals surface area contributed by atoms with Crippen molar-refractivity contribution >= 4 is 31.7 Å². The number of benzene rings is 1. The minimum absolute atomic E-state index is 0.0829. The van der Waals surface area contributed by atoms with Crippen molar-refractivity contribution in [2.75, 3.05) is 18.1 Å². The third-order valence-corrected chi connectivity index (χ3v) is 6.27. The number of halogens is 1. The van der Waals surface area contributed by atoms with Gasteiger partial charge >= 0.3 is 0 Å². The molecular weight excluding hydrogens is 342 g/mol. The van der Waals surface area contributed by atoms with E-state index in [4.69, 9.17) is 0 Å². The molecule has 110 valence electrons. The maximum absolute atomic E-state index is 12.5. The van der Waals surface area contributed by atoms with Gasteiger partial charge in [-0.25, -0.2) is 8.42 Å². The lowest BCUT2D eigenvalue weighted by molar-refractivity contribution is 0.0708. The van der Waals surface area contributed by atoms with Gasteiger partial charge in [-0.1, -0.05) is 22.0 Å². The van der Waals surface area contributed by atoms with Crippen LogP contribution >= 0.6 is 15.9 Å². The van der Waals surface area contributed by atoms with Gasteiger partial charge in [0.15, 0.2) is 9.84 Å². The topological polar surface area (TPSA) is 54.5 Å². The summed E-state index contributed by atoms with van der Waals surface area (Å²) in [5.74, 6) is 0.161. The van der Waals surface area contributed by atoms with Gasteiger partial charge in [0.05, 0.1) is 11.5 Å². The Labute approximate surface area is 128 Å². The molecule has 0 aliphatic carbocycles. The summed E-state index contributed by atoms with van der Waals surface area (Å²) in [5.41, 5.74) is 1.65. The summed E-state index contributed by atoms with van der Waals surface area (Å²) in [6, 6.07) is 5.27. The molecule has 1 aromatic carbocycles. The molecule has 0 saturated carbocycles. The molecule has 1 saturated heterocycles. The minimum Gasteiger partial charge on any atom is -0.335 e. The Hall–Kier alpha value is -0.880. The first kappa shape index (κ1) is 15.5. The summed E-state index contributed by atoms with van der Waals surface area (Å²) in [6.45, 7) is 4.36. The van der Waals surface area contributed by atoms with E-state index in [1.54, 1.807) is 17.0 Å². The third-order valence-electron chi connectivity index (χ3n) is 3.67. The molecule has 1 aliphatic heterocycles. The number of hydrogen-bond donors (Lipinski definition) is 0. The normalized spacial score (nSPS) is 20.9. The van der Waals surface area contributed by atoms with Gasteiger partial charge in [0, 0.05) is 22.6 Å². The van der Waals surface area contributed by atoms with E-state index in [1.165, 1.54) is 0 Å². The first-order chi connectivity index (χ1) is 9.34. The molecule has 1 amide bonds. The van der Waals surface area contributed by atoms with Gasteiger partial charge in [-0.05, 0) is 38.0 Å². The van der Waals surface area contributed by atoms with Crippen LogP contribution < -0.4 is 0 Å². The zero-order chi connectivity index (χ0) is 14.9. The quantitative estimate of drug-likeness (QED) is 0.832. The molecule has 6 heteroatoms. The smallest absolute Gasteiger partial charge is 0.254 e. The predicted molar refractivity (Wildman–Crippen MR) is 82.6 cm³/mol. The number of amides is 1. The molecule has 1 atom stereocenters. The summed E-state index contributed by atoms with van der Waals surface area (Å²) in [7, 11) is -2.98. The molecule has 1 unspecified atom stereocenters. The van der Waals surface area contributed by atoms with Crippen molar-refractivity contribution in [3.8, 4) is 0 Å². The van der Waals surface area contributed by atoms with E-state index in [2.05, 4.69) is 15.9 Å². The van der Waals surface area contributed by atoms with Gasteiger partial charge in [-0.3, -0.25) is 4.79 Å². The van der Waals surface area contributed by atoms with E-state index in [1.807, 2.05) is 19.9 Å². The Kier molecular flexibility index (Phi) is 4.54. The number of nitrogens with zero attached hydrogens (tertiary/aromatic N) is 1. The molecule has 1 aromatic rings. The van der Waals surface area contributed by atoms with Crippen molar-refractivity contribution in [2.24, 2.45) is 0 Å². The first-order valence-corrected chi connectivity index (χ1v) is 9.23. The Bertz CT molecular complexity index is 627. The molecule has 0 aromatic heterocycles. The monoisotopic (exact) mass is 359 g/mol. The van der Waals surface area contributed by atoms with Gasteiger partial charge < -0.3 is 4.90 Å². The van der Waals surface area contributed by atoms with Crippen LogP contribution in [0.4, 0.5) is 0 Å². The minimum atomic E-state index is -2.98. The van der Waals surface area contributed by atoms with Crippen LogP contribution in [0.25, 0.3) is 0 Å². The van der Waals surface area contributed by atoms with Gasteiger partial charge in [0.1, 0.15) is 0 Å². The van der Waals surface area contributed by atoms with Crippen LogP contribution in [0.15, 0.2) is 22.7 Å². The fourth-order valence-electron chi connectivity index (χ4n) is 2.48. The fraction of sp³-hybridized carbons (Fsp3) is 0.500. The molecule has 1 heterocycles. The van der Waals surface area contributed by atoms with E-state index in [9.17, 15) is 13.2 Å². The molecule has 1 fully saturated rings. The van der Waals surface area contributed by atoms with Crippen molar-refractivity contribution < 1.29 is 13.2 Å². The first-order valence-electron chi connectivity index (χ1n) is 6.61. The van der Waals surface area contributed by atoms with Crippen LogP contribution in [-0.4, -0.2) is 43.3 Å². The second-order valence-electron chi connectivity index (χ2n) is 5.11. The lowest BCUT2D eigenvalue weighted by atomic mass is 10.1. The summed E-state index contributed by atoms with van der Waals surface area (Å²) in [4.78, 5) is 14.2. The zero-order valence-corrected chi connectivity index (χ0v) is 14.0. The molecule has 0 N–H and O–H groups in total. The van der Waals surface area contributed by atoms with Gasteiger partial charge in [0.2, 0.25) is 0 Å². The number of rotatable bonds is 3. The van der Waals surface area contributed by atoms with Crippen LogP contribution in [-0.2, 0) is 9.84 Å². The Morgan fingerprint density at radius 3 is 2.65 bits per heavy atom. The SMILES string of the molecule is CCN(C(=O)c1ccc(C)c(Br)c1)C1CCS(=O)(=O)C1. The van der Waals surface area contributed by atoms with Crippen molar-refractivity contribution in [2.45, 2.75) is 26.3 Å². The lowest BCUT2D eigenvalue weighted by Crippen LogP contribution is -2.41. The second-order valence-corrected chi connectivity index (χ2v) is 8.20. The molecule has 0 spiro atoms. The maximum atomic E-state index is 12.5. The average Bonchev–Trinajstić information content (AvgIpc) is 2.74. The van der Waals surface area contributed by atoms with E-state index in [0.717, 1.165) is 10.0 Å². The summed E-state index contributed by atoms with van der Waals surface area (Å²) < 4.78 is 24.0. The van der Waals surface area contributed by atoms with Gasteiger partial charge in [-0.15, -0.1) is 0 Å². The van der Waals surface area contributed by atoms with Crippen LogP contribution in [0.1, 0.15) is 29.3 Å². The standard InChI is InChI=1S/C14H18BrNO3S/c1-3-16(12-6-7-20(18,19)9-12)14(17)11-5-4-10(2)13(15)8-11/h4-5,8,12H,3,6-7,9H2,1-2H3.